The highest BCUT2D eigenvalue weighted by molar-refractivity contribution is 5.94. The Morgan fingerprint density at radius 2 is 2.17 bits per heavy atom. The van der Waals surface area contributed by atoms with Crippen molar-refractivity contribution in [2.45, 2.75) is 45.6 Å². The third kappa shape index (κ3) is 2.73. The van der Waals surface area contributed by atoms with Crippen molar-refractivity contribution in [2.75, 3.05) is 6.61 Å². The maximum atomic E-state index is 11.8. The zero-order valence-electron chi connectivity index (χ0n) is 14.8. The van der Waals surface area contributed by atoms with Crippen LogP contribution in [0, 0.1) is 6.92 Å². The Kier molecular flexibility index (Phi) is 4.22. The summed E-state index contributed by atoms with van der Waals surface area (Å²) in [6, 6.07) is 4.14. The molecule has 1 aliphatic rings. The fourth-order valence-electron chi connectivity index (χ4n) is 3.28. The maximum Gasteiger partial charge on any atom is 0.333 e. The maximum absolute atomic E-state index is 11.8. The van der Waals surface area contributed by atoms with Crippen LogP contribution in [0.25, 0.3) is 17.1 Å². The molecule has 0 atom stereocenters. The molecule has 5 nitrogen and oxygen atoms in total. The van der Waals surface area contributed by atoms with Gasteiger partial charge in [-0.2, -0.15) is 0 Å². The second-order valence-electron chi connectivity index (χ2n) is 6.75. The predicted octanol–water partition coefficient (Wildman–Crippen LogP) is 3.19. The van der Waals surface area contributed by atoms with Crippen LogP contribution in [0.15, 0.2) is 17.7 Å². The molecule has 0 radical (unpaired) electrons. The highest BCUT2D eigenvalue weighted by Gasteiger charge is 2.38. The lowest BCUT2D eigenvalue weighted by atomic mass is 9.77. The first-order chi connectivity index (χ1) is 11.4. The van der Waals surface area contributed by atoms with Crippen molar-refractivity contribution in [3.05, 3.63) is 34.7 Å². The summed E-state index contributed by atoms with van der Waals surface area (Å²) < 4.78 is 7.14. The van der Waals surface area contributed by atoms with Gasteiger partial charge in [-0.15, -0.1) is 0 Å². The number of aromatic nitrogens is 2. The number of nitrogens with zero attached hydrogens (tertiary/aromatic N) is 2. The quantitative estimate of drug-likeness (QED) is 0.691. The minimum atomic E-state index is -0.293. The summed E-state index contributed by atoms with van der Waals surface area (Å²) in [5.41, 5.74) is 10.8. The molecule has 0 spiro atoms. The molecule has 2 N–H and O–H groups in total. The Bertz CT molecular complexity index is 829. The molecule has 0 bridgehead atoms. The Labute approximate surface area is 142 Å². The summed E-state index contributed by atoms with van der Waals surface area (Å²) in [5.74, 6) is 0.671. The van der Waals surface area contributed by atoms with Crippen molar-refractivity contribution in [3.8, 4) is 0 Å². The van der Waals surface area contributed by atoms with E-state index in [4.69, 9.17) is 15.5 Å². The van der Waals surface area contributed by atoms with E-state index >= 15 is 0 Å². The third-order valence-electron chi connectivity index (χ3n) is 4.93. The van der Waals surface area contributed by atoms with Crippen LogP contribution in [-0.2, 0) is 22.1 Å². The predicted molar refractivity (Wildman–Crippen MR) is 95.5 cm³/mol. The average Bonchev–Trinajstić information content (AvgIpc) is 2.82. The zero-order valence-corrected chi connectivity index (χ0v) is 14.8. The van der Waals surface area contributed by atoms with Crippen molar-refractivity contribution >= 4 is 23.1 Å². The van der Waals surface area contributed by atoms with Crippen molar-refractivity contribution in [2.24, 2.45) is 12.8 Å². The van der Waals surface area contributed by atoms with Gasteiger partial charge in [0.1, 0.15) is 5.82 Å². The molecule has 128 valence electrons. The van der Waals surface area contributed by atoms with Crippen molar-refractivity contribution < 1.29 is 9.53 Å². The van der Waals surface area contributed by atoms with E-state index in [1.165, 1.54) is 0 Å². The number of benzene rings is 1. The van der Waals surface area contributed by atoms with Gasteiger partial charge in [-0.25, -0.2) is 9.78 Å². The van der Waals surface area contributed by atoms with Gasteiger partial charge in [0.25, 0.3) is 0 Å². The number of ether oxygens (including phenoxy) is 1. The van der Waals surface area contributed by atoms with E-state index in [9.17, 15) is 4.79 Å². The van der Waals surface area contributed by atoms with Crippen molar-refractivity contribution in [3.63, 3.8) is 0 Å². The van der Waals surface area contributed by atoms with E-state index in [1.807, 2.05) is 27.0 Å². The van der Waals surface area contributed by atoms with Gasteiger partial charge in [-0.05, 0) is 69.4 Å². The number of rotatable bonds is 4. The molecular formula is C19H25N3O2. The van der Waals surface area contributed by atoms with E-state index in [0.29, 0.717) is 12.2 Å². The molecule has 0 aliphatic heterocycles. The number of nitrogens with two attached hydrogens (primary N) is 1. The van der Waals surface area contributed by atoms with Gasteiger partial charge in [-0.3, -0.25) is 0 Å². The van der Waals surface area contributed by atoms with Gasteiger partial charge < -0.3 is 15.0 Å². The third-order valence-corrected chi connectivity index (χ3v) is 4.93. The summed E-state index contributed by atoms with van der Waals surface area (Å²) in [4.78, 5) is 16.6. The average molecular weight is 327 g/mol. The molecule has 1 heterocycles. The van der Waals surface area contributed by atoms with Crippen molar-refractivity contribution in [1.29, 1.82) is 0 Å². The lowest BCUT2D eigenvalue weighted by Crippen LogP contribution is -2.45. The lowest BCUT2D eigenvalue weighted by Gasteiger charge is -2.37. The summed E-state index contributed by atoms with van der Waals surface area (Å²) in [6.07, 6.45) is 5.00. The molecule has 2 aromatic rings. The molecule has 1 aromatic heterocycles. The molecule has 5 heteroatoms. The van der Waals surface area contributed by atoms with E-state index in [0.717, 1.165) is 47.2 Å². The number of esters is 1. The van der Waals surface area contributed by atoms with Crippen LogP contribution in [0.3, 0.4) is 0 Å². The Balaban J connectivity index is 2.05. The highest BCUT2D eigenvalue weighted by atomic mass is 16.5. The molecule has 0 amide bonds. The second kappa shape index (κ2) is 6.06. The Hall–Kier alpha value is -2.14. The fraction of sp³-hybridized carbons (Fsp3) is 0.474. The number of fused-ring (bicyclic) bond motifs is 1. The number of aryl methyl sites for hydroxylation is 2. The number of imidazole rings is 1. The molecular weight excluding hydrogens is 302 g/mol. The van der Waals surface area contributed by atoms with Gasteiger partial charge in [0.2, 0.25) is 0 Å². The summed E-state index contributed by atoms with van der Waals surface area (Å²) >= 11 is 0. The standard InChI is InChI=1S/C19H25N3O2/c1-5-24-17(23)13(3)9-14-11-16-15(10-12(14)2)21-18(22(16)4)19(20)7-6-8-19/h9-11H,5-8,20H2,1-4H3. The van der Waals surface area contributed by atoms with E-state index in [-0.39, 0.29) is 11.5 Å². The highest BCUT2D eigenvalue weighted by Crippen LogP contribution is 2.39. The van der Waals surface area contributed by atoms with Crippen LogP contribution >= 0.6 is 0 Å². The first kappa shape index (κ1) is 16.7. The first-order valence-electron chi connectivity index (χ1n) is 8.47. The molecule has 1 aromatic carbocycles. The molecule has 1 fully saturated rings. The topological polar surface area (TPSA) is 70.1 Å². The molecule has 0 unspecified atom stereocenters. The largest absolute Gasteiger partial charge is 0.463 e. The van der Waals surface area contributed by atoms with Crippen LogP contribution in [0.2, 0.25) is 0 Å². The van der Waals surface area contributed by atoms with Crippen LogP contribution < -0.4 is 5.73 Å². The number of carbonyl (C=O) groups is 1. The molecule has 3 rings (SSSR count). The number of carbonyl (C=O) groups excluding carboxylic acids is 1. The lowest BCUT2D eigenvalue weighted by molar-refractivity contribution is -0.138. The first-order valence-corrected chi connectivity index (χ1v) is 8.47. The van der Waals surface area contributed by atoms with Crippen LogP contribution in [0.4, 0.5) is 0 Å². The van der Waals surface area contributed by atoms with Gasteiger partial charge in [0, 0.05) is 12.6 Å². The molecule has 1 aliphatic carbocycles. The molecule has 0 saturated heterocycles. The van der Waals surface area contributed by atoms with E-state index in [2.05, 4.69) is 16.7 Å². The minimum absolute atomic E-state index is 0.280. The van der Waals surface area contributed by atoms with Crippen LogP contribution in [0.5, 0.6) is 0 Å². The second-order valence-corrected chi connectivity index (χ2v) is 6.75. The van der Waals surface area contributed by atoms with Gasteiger partial charge in [0.05, 0.1) is 23.2 Å². The van der Waals surface area contributed by atoms with Crippen LogP contribution in [-0.4, -0.2) is 22.1 Å². The zero-order chi connectivity index (χ0) is 17.5. The number of hydrogen-bond donors (Lipinski definition) is 1. The minimum Gasteiger partial charge on any atom is -0.463 e. The summed E-state index contributed by atoms with van der Waals surface area (Å²) in [5, 5.41) is 0. The number of hydrogen-bond acceptors (Lipinski definition) is 4. The normalized spacial score (nSPS) is 17.0. The molecule has 24 heavy (non-hydrogen) atoms. The van der Waals surface area contributed by atoms with E-state index < -0.39 is 0 Å². The Morgan fingerprint density at radius 3 is 2.75 bits per heavy atom. The van der Waals surface area contributed by atoms with Gasteiger partial charge in [-0.1, -0.05) is 0 Å². The Morgan fingerprint density at radius 1 is 1.46 bits per heavy atom. The smallest absolute Gasteiger partial charge is 0.333 e. The fourth-order valence-corrected chi connectivity index (χ4v) is 3.28. The monoisotopic (exact) mass is 327 g/mol. The van der Waals surface area contributed by atoms with E-state index in [1.54, 1.807) is 6.92 Å². The molecule has 1 saturated carbocycles. The van der Waals surface area contributed by atoms with Gasteiger partial charge in [0.15, 0.2) is 0 Å². The summed E-state index contributed by atoms with van der Waals surface area (Å²) in [6.45, 7) is 5.99. The van der Waals surface area contributed by atoms with Crippen LogP contribution in [0.1, 0.15) is 50.1 Å². The summed E-state index contributed by atoms with van der Waals surface area (Å²) in [7, 11) is 2.01. The van der Waals surface area contributed by atoms with Crippen molar-refractivity contribution in [1.82, 2.24) is 9.55 Å². The SMILES string of the molecule is CCOC(=O)C(C)=Cc1cc2c(cc1C)nc(C1(N)CCC1)n2C. The van der Waals surface area contributed by atoms with Gasteiger partial charge >= 0.3 is 5.97 Å².